The van der Waals surface area contributed by atoms with E-state index in [0.29, 0.717) is 0 Å². The summed E-state index contributed by atoms with van der Waals surface area (Å²) in [6.45, 7) is -0.224. The average molecular weight is 349 g/mol. The molecule has 0 aromatic heterocycles. The molecule has 1 aliphatic rings. The van der Waals surface area contributed by atoms with E-state index in [-0.39, 0.29) is 19.1 Å². The van der Waals surface area contributed by atoms with E-state index in [0.717, 1.165) is 27.2 Å². The molecule has 5 heteroatoms. The first-order valence-electron chi connectivity index (χ1n) is 8.26. The predicted octanol–water partition coefficient (Wildman–Crippen LogP) is 2.71. The highest BCUT2D eigenvalue weighted by Gasteiger charge is 2.31. The van der Waals surface area contributed by atoms with Crippen molar-refractivity contribution in [2.75, 3.05) is 13.7 Å². The van der Waals surface area contributed by atoms with Crippen molar-refractivity contribution in [3.8, 4) is 23.5 Å². The largest absolute Gasteiger partial charge is 0.480 e. The molecule has 132 valence electrons. The highest BCUT2D eigenvalue weighted by Crippen LogP contribution is 2.44. The van der Waals surface area contributed by atoms with E-state index in [1.54, 1.807) is 0 Å². The lowest BCUT2D eigenvalue weighted by Gasteiger charge is -2.24. The Kier molecular flexibility index (Phi) is 5.06. The number of fused-ring (bicyclic) bond motifs is 3. The van der Waals surface area contributed by atoms with Crippen molar-refractivity contribution in [1.82, 2.24) is 4.90 Å². The maximum Gasteiger partial charge on any atom is 0.327 e. The number of likely N-dealkylation sites (N-methyl/N-ethyl adjacent to an activating group) is 1. The monoisotopic (exact) mass is 349 g/mol. The summed E-state index contributed by atoms with van der Waals surface area (Å²) in [5.74, 6) is 0.742. The molecule has 0 aliphatic heterocycles. The molecule has 1 atom stereocenters. The molecule has 2 aromatic rings. The number of amides is 1. The van der Waals surface area contributed by atoms with Crippen LogP contribution in [-0.2, 0) is 14.3 Å². The van der Waals surface area contributed by atoms with Gasteiger partial charge in [-0.15, -0.1) is 12.3 Å². The summed E-state index contributed by atoms with van der Waals surface area (Å²) in [6, 6.07) is 14.8. The van der Waals surface area contributed by atoms with E-state index in [2.05, 4.69) is 5.92 Å². The van der Waals surface area contributed by atoms with Crippen molar-refractivity contribution in [2.45, 2.75) is 18.6 Å². The minimum Gasteiger partial charge on any atom is -0.480 e. The Bertz CT molecular complexity index is 838. The van der Waals surface area contributed by atoms with E-state index in [1.165, 1.54) is 7.05 Å². The van der Waals surface area contributed by atoms with Gasteiger partial charge >= 0.3 is 5.97 Å². The van der Waals surface area contributed by atoms with Crippen LogP contribution in [0.25, 0.3) is 11.1 Å². The number of benzene rings is 2. The van der Waals surface area contributed by atoms with Gasteiger partial charge in [-0.05, 0) is 22.3 Å². The minimum absolute atomic E-state index is 0.0489. The first-order valence-corrected chi connectivity index (χ1v) is 8.26. The Morgan fingerprint density at radius 2 is 1.69 bits per heavy atom. The molecule has 3 rings (SSSR count). The van der Waals surface area contributed by atoms with E-state index in [9.17, 15) is 14.7 Å². The van der Waals surface area contributed by atoms with Gasteiger partial charge in [0.1, 0.15) is 18.8 Å². The average Bonchev–Trinajstić information content (AvgIpc) is 2.97. The molecule has 0 saturated heterocycles. The van der Waals surface area contributed by atoms with E-state index in [1.807, 2.05) is 48.5 Å². The zero-order valence-corrected chi connectivity index (χ0v) is 14.4. The number of terminal acetylenes is 1. The molecule has 26 heavy (non-hydrogen) atoms. The second-order valence-corrected chi connectivity index (χ2v) is 6.13. The Hall–Kier alpha value is -3.10. The fraction of sp³-hybridized carbons (Fsp3) is 0.238. The molecule has 0 radical (unpaired) electrons. The summed E-state index contributed by atoms with van der Waals surface area (Å²) in [4.78, 5) is 24.8. The Balaban J connectivity index is 1.77. The third-order valence-corrected chi connectivity index (χ3v) is 4.61. The first-order chi connectivity index (χ1) is 12.5. The zero-order chi connectivity index (χ0) is 18.7. The van der Waals surface area contributed by atoms with Gasteiger partial charge in [0, 0.05) is 13.5 Å². The highest BCUT2D eigenvalue weighted by molar-refractivity contribution is 5.84. The van der Waals surface area contributed by atoms with Crippen LogP contribution in [0.4, 0.5) is 0 Å². The maximum atomic E-state index is 12.4. The topological polar surface area (TPSA) is 66.8 Å². The molecule has 0 fully saturated rings. The van der Waals surface area contributed by atoms with E-state index >= 15 is 0 Å². The maximum absolute atomic E-state index is 12.4. The summed E-state index contributed by atoms with van der Waals surface area (Å²) >= 11 is 0. The van der Waals surface area contributed by atoms with Crippen LogP contribution in [0.15, 0.2) is 48.5 Å². The van der Waals surface area contributed by atoms with Gasteiger partial charge in [-0.3, -0.25) is 4.79 Å². The normalized spacial score (nSPS) is 13.4. The van der Waals surface area contributed by atoms with Crippen molar-refractivity contribution in [1.29, 1.82) is 0 Å². The van der Waals surface area contributed by atoms with Crippen LogP contribution < -0.4 is 0 Å². The van der Waals surface area contributed by atoms with Crippen LogP contribution in [-0.4, -0.2) is 41.6 Å². The molecule has 1 N–H and O–H groups in total. The number of carboxylic acid groups (broad SMARTS) is 1. The predicted molar refractivity (Wildman–Crippen MR) is 97.3 cm³/mol. The summed E-state index contributed by atoms with van der Waals surface area (Å²) in [5, 5.41) is 9.23. The number of rotatable bonds is 6. The number of carboxylic acids is 1. The number of hydrogen-bond acceptors (Lipinski definition) is 3. The van der Waals surface area contributed by atoms with Gasteiger partial charge in [0.15, 0.2) is 0 Å². The number of aliphatic carboxylic acids is 1. The number of carbonyl (C=O) groups excluding carboxylic acids is 1. The summed E-state index contributed by atoms with van der Waals surface area (Å²) in [5.41, 5.74) is 4.18. The number of hydrogen-bond donors (Lipinski definition) is 1. The van der Waals surface area contributed by atoms with Crippen molar-refractivity contribution >= 4 is 11.9 Å². The molecular formula is C21H19NO4. The molecular weight excluding hydrogens is 330 g/mol. The summed E-state index contributed by atoms with van der Waals surface area (Å²) in [7, 11) is 1.43. The molecule has 5 nitrogen and oxygen atoms in total. The zero-order valence-electron chi connectivity index (χ0n) is 14.4. The minimum atomic E-state index is -1.13. The van der Waals surface area contributed by atoms with Gasteiger partial charge in [-0.2, -0.15) is 0 Å². The Morgan fingerprint density at radius 1 is 1.15 bits per heavy atom. The van der Waals surface area contributed by atoms with E-state index in [4.69, 9.17) is 11.2 Å². The second-order valence-electron chi connectivity index (χ2n) is 6.13. The molecule has 2 aromatic carbocycles. The van der Waals surface area contributed by atoms with E-state index < -0.39 is 17.9 Å². The summed E-state index contributed by atoms with van der Waals surface area (Å²) in [6.07, 6.45) is 4.80. The Morgan fingerprint density at radius 3 is 2.19 bits per heavy atom. The second kappa shape index (κ2) is 7.42. The van der Waals surface area contributed by atoms with Gasteiger partial charge in [-0.1, -0.05) is 48.5 Å². The molecule has 0 saturated carbocycles. The van der Waals surface area contributed by atoms with Crippen LogP contribution in [0.1, 0.15) is 23.7 Å². The smallest absolute Gasteiger partial charge is 0.327 e. The van der Waals surface area contributed by atoms with Gasteiger partial charge < -0.3 is 14.7 Å². The number of nitrogens with zero attached hydrogens (tertiary/aromatic N) is 1. The van der Waals surface area contributed by atoms with Crippen LogP contribution in [0, 0.1) is 12.3 Å². The molecule has 0 unspecified atom stereocenters. The molecule has 1 aliphatic carbocycles. The van der Waals surface area contributed by atoms with Gasteiger partial charge in [0.05, 0.1) is 0 Å². The van der Waals surface area contributed by atoms with Crippen LogP contribution in [0.5, 0.6) is 0 Å². The van der Waals surface area contributed by atoms with Crippen molar-refractivity contribution < 1.29 is 19.4 Å². The third-order valence-electron chi connectivity index (χ3n) is 4.61. The highest BCUT2D eigenvalue weighted by atomic mass is 16.5. The lowest BCUT2D eigenvalue weighted by molar-refractivity contribution is -0.151. The van der Waals surface area contributed by atoms with Crippen molar-refractivity contribution in [3.63, 3.8) is 0 Å². The van der Waals surface area contributed by atoms with Crippen molar-refractivity contribution in [2.24, 2.45) is 0 Å². The molecule has 0 heterocycles. The number of ether oxygens (including phenoxy) is 1. The standard InChI is InChI=1S/C21H19NO4/c1-3-8-18(21(24)25)22(2)19(23)13-26-20-16-11-6-4-9-14(16)15-10-5-7-12-17(15)20/h1,4-7,9-12,18,20H,8,13H2,2H3,(H,24,25)/t18-/m0/s1. The fourth-order valence-corrected chi connectivity index (χ4v) is 3.22. The quantitative estimate of drug-likeness (QED) is 0.815. The Labute approximate surface area is 152 Å². The van der Waals surface area contributed by atoms with Gasteiger partial charge in [0.2, 0.25) is 5.91 Å². The van der Waals surface area contributed by atoms with Crippen molar-refractivity contribution in [3.05, 3.63) is 59.7 Å². The van der Waals surface area contributed by atoms with Crippen LogP contribution in [0.3, 0.4) is 0 Å². The fourth-order valence-electron chi connectivity index (χ4n) is 3.22. The SMILES string of the molecule is C#CC[C@@H](C(=O)O)N(C)C(=O)COC1c2ccccc2-c2ccccc21. The molecule has 1 amide bonds. The third kappa shape index (κ3) is 3.19. The lowest BCUT2D eigenvalue weighted by Crippen LogP contribution is -2.43. The summed E-state index contributed by atoms with van der Waals surface area (Å²) < 4.78 is 5.91. The molecule has 0 spiro atoms. The van der Waals surface area contributed by atoms with Crippen LogP contribution in [0.2, 0.25) is 0 Å². The van der Waals surface area contributed by atoms with Crippen LogP contribution >= 0.6 is 0 Å². The first kappa shape index (κ1) is 17.7. The molecule has 0 bridgehead atoms. The number of carbonyl (C=O) groups is 2. The van der Waals surface area contributed by atoms with Gasteiger partial charge in [0.25, 0.3) is 0 Å². The van der Waals surface area contributed by atoms with Gasteiger partial charge in [-0.25, -0.2) is 4.79 Å². The lowest BCUT2D eigenvalue weighted by atomic mass is 10.1.